The smallest absolute Gasteiger partial charge is 0.374 e. The second-order valence-corrected chi connectivity index (χ2v) is 14.1. The van der Waals surface area contributed by atoms with Crippen LogP contribution in [0.25, 0.3) is 5.69 Å². The molecular formula is C38H40F4N10O4. The van der Waals surface area contributed by atoms with Gasteiger partial charge in [0.2, 0.25) is 11.8 Å². The molecule has 14 nitrogen and oxygen atoms in total. The third kappa shape index (κ3) is 8.81. The molecule has 2 aromatic carbocycles. The number of rotatable bonds is 10. The highest BCUT2D eigenvalue weighted by Crippen LogP contribution is 2.29. The van der Waals surface area contributed by atoms with E-state index < -0.39 is 41.3 Å². The predicted molar refractivity (Wildman–Crippen MR) is 198 cm³/mol. The highest BCUT2D eigenvalue weighted by atomic mass is 19.4. The van der Waals surface area contributed by atoms with Crippen LogP contribution in [-0.2, 0) is 22.3 Å². The van der Waals surface area contributed by atoms with Crippen molar-refractivity contribution in [3.8, 4) is 5.69 Å². The predicted octanol–water partition coefficient (Wildman–Crippen LogP) is 3.78. The first-order chi connectivity index (χ1) is 26.8. The molecule has 0 radical (unpaired) electrons. The van der Waals surface area contributed by atoms with Crippen molar-refractivity contribution < 1.29 is 36.7 Å². The Morgan fingerprint density at radius 1 is 0.911 bits per heavy atom. The third-order valence-electron chi connectivity index (χ3n) is 10.4. The molecule has 3 saturated heterocycles. The lowest BCUT2D eigenvalue weighted by atomic mass is 10.0. The van der Waals surface area contributed by atoms with E-state index in [0.29, 0.717) is 35.9 Å². The fourth-order valence-electron chi connectivity index (χ4n) is 7.33. The van der Waals surface area contributed by atoms with Gasteiger partial charge in [-0.3, -0.25) is 34.3 Å². The lowest BCUT2D eigenvalue weighted by Gasteiger charge is -2.43. The highest BCUT2D eigenvalue weighted by molar-refractivity contribution is 6.07. The van der Waals surface area contributed by atoms with Crippen LogP contribution in [0.1, 0.15) is 57.9 Å². The van der Waals surface area contributed by atoms with Crippen molar-refractivity contribution in [2.45, 2.75) is 50.5 Å². The molecule has 5 N–H and O–H groups in total. The number of amides is 4. The number of anilines is 3. The Hall–Kier alpha value is -5.88. The first-order valence-electron chi connectivity index (χ1n) is 18.3. The molecule has 56 heavy (non-hydrogen) atoms. The van der Waals surface area contributed by atoms with Gasteiger partial charge in [0.25, 0.3) is 11.8 Å². The molecule has 3 fully saturated rings. The first kappa shape index (κ1) is 38.4. The maximum Gasteiger partial charge on any atom is 0.433 e. The number of nitrogens with two attached hydrogens (primary N) is 1. The van der Waals surface area contributed by atoms with Crippen molar-refractivity contribution in [3.63, 3.8) is 0 Å². The first-order valence-corrected chi connectivity index (χ1v) is 18.3. The van der Waals surface area contributed by atoms with Crippen LogP contribution in [0.3, 0.4) is 0 Å². The zero-order valence-corrected chi connectivity index (χ0v) is 30.2. The van der Waals surface area contributed by atoms with E-state index in [1.54, 1.807) is 24.3 Å². The molecule has 4 aromatic rings. The molecule has 0 bridgehead atoms. The number of carbonyl (C=O) groups excluding carboxylic acids is 4. The Balaban J connectivity index is 0.888. The molecule has 0 spiro atoms. The van der Waals surface area contributed by atoms with Gasteiger partial charge in [0.05, 0.1) is 17.6 Å². The van der Waals surface area contributed by atoms with Crippen LogP contribution >= 0.6 is 0 Å². The summed E-state index contributed by atoms with van der Waals surface area (Å²) < 4.78 is 55.7. The number of nitrogens with zero attached hydrogens (tertiary/aromatic N) is 6. The van der Waals surface area contributed by atoms with Crippen LogP contribution in [0.4, 0.5) is 34.6 Å². The summed E-state index contributed by atoms with van der Waals surface area (Å²) >= 11 is 0. The van der Waals surface area contributed by atoms with Gasteiger partial charge < -0.3 is 21.3 Å². The number of halogens is 4. The summed E-state index contributed by atoms with van der Waals surface area (Å²) in [7, 11) is 0. The van der Waals surface area contributed by atoms with Crippen LogP contribution in [0.2, 0.25) is 0 Å². The van der Waals surface area contributed by atoms with Gasteiger partial charge >= 0.3 is 6.18 Å². The van der Waals surface area contributed by atoms with Crippen molar-refractivity contribution >= 4 is 40.7 Å². The fourth-order valence-corrected chi connectivity index (χ4v) is 7.33. The fraction of sp³-hybridized carbons (Fsp3) is 0.368. The number of primary amides is 1. The van der Waals surface area contributed by atoms with Gasteiger partial charge in [0, 0.05) is 62.1 Å². The van der Waals surface area contributed by atoms with Gasteiger partial charge in [-0.15, -0.1) is 0 Å². The number of alkyl halides is 3. The Morgan fingerprint density at radius 3 is 2.29 bits per heavy atom. The van der Waals surface area contributed by atoms with E-state index in [4.69, 9.17) is 5.73 Å². The number of imide groups is 1. The number of hydrogen-bond donors (Lipinski definition) is 4. The van der Waals surface area contributed by atoms with Crippen molar-refractivity contribution in [1.82, 2.24) is 29.9 Å². The minimum Gasteiger partial charge on any atom is -0.374 e. The van der Waals surface area contributed by atoms with E-state index in [1.165, 1.54) is 16.9 Å². The van der Waals surface area contributed by atoms with Crippen molar-refractivity contribution in [3.05, 3.63) is 95.3 Å². The highest BCUT2D eigenvalue weighted by Gasteiger charge is 2.33. The number of aromatic nitrogens is 3. The SMILES string of the molecule is NC(=O)c1nn(-c2ccc(N3CCN(C4CCN(Cc5ccc(NC6CCC(=O)NC6=O)cc5F)CC4)CC3)cc2)cc1NC(=O)c1cccc(C(F)(F)F)n1. The van der Waals surface area contributed by atoms with Crippen LogP contribution in [0, 0.1) is 5.82 Å². The standard InChI is InChI=1S/C38H40F4N10O4/c39-28-20-24(44-30-10-11-33(53)47-37(30)56)5-4-23(28)21-49-14-12-26(13-15-49)51-18-16-50(17-19-51)25-6-8-27(9-7-25)52-22-31(34(48-52)35(43)54)46-36(55)29-2-1-3-32(45-29)38(40,41)42/h1-9,20,22,26,30,44H,10-19,21H2,(H2,43,54)(H,46,55)(H,47,53,56). The molecule has 3 aliphatic rings. The molecule has 3 aliphatic heterocycles. The average Bonchev–Trinajstić information content (AvgIpc) is 3.61. The molecule has 294 valence electrons. The van der Waals surface area contributed by atoms with Gasteiger partial charge in [-0.1, -0.05) is 12.1 Å². The largest absolute Gasteiger partial charge is 0.433 e. The Labute approximate surface area is 319 Å². The molecule has 4 amide bonds. The van der Waals surface area contributed by atoms with Gasteiger partial charge in [0.1, 0.15) is 23.2 Å². The maximum absolute atomic E-state index is 15.1. The second-order valence-electron chi connectivity index (χ2n) is 14.1. The summed E-state index contributed by atoms with van der Waals surface area (Å²) in [5, 5.41) is 11.9. The number of likely N-dealkylation sites (tertiary alicyclic amines) is 1. The molecular weight excluding hydrogens is 736 g/mol. The van der Waals surface area contributed by atoms with E-state index in [9.17, 15) is 32.3 Å². The monoisotopic (exact) mass is 776 g/mol. The number of nitrogens with one attached hydrogen (secondary N) is 3. The molecule has 0 aliphatic carbocycles. The molecule has 1 unspecified atom stereocenters. The topological polar surface area (TPSA) is 171 Å². The van der Waals surface area contributed by atoms with Crippen LogP contribution in [-0.4, -0.2) is 99.5 Å². The van der Waals surface area contributed by atoms with Crippen LogP contribution in [0.5, 0.6) is 0 Å². The summed E-state index contributed by atoms with van der Waals surface area (Å²) in [6.07, 6.45) is -0.814. The van der Waals surface area contributed by atoms with Crippen molar-refractivity contribution in [2.24, 2.45) is 5.73 Å². The number of benzene rings is 2. The summed E-state index contributed by atoms with van der Waals surface area (Å²) in [6.45, 7) is 5.59. The number of hydrogen-bond acceptors (Lipinski definition) is 10. The maximum atomic E-state index is 15.1. The Bertz CT molecular complexity index is 2110. The number of piperidine rings is 2. The summed E-state index contributed by atoms with van der Waals surface area (Å²) in [5.74, 6) is -2.93. The molecule has 18 heteroatoms. The number of carbonyl (C=O) groups is 4. The summed E-state index contributed by atoms with van der Waals surface area (Å²) in [4.78, 5) is 58.8. The second kappa shape index (κ2) is 16.1. The average molecular weight is 777 g/mol. The number of pyridine rings is 1. The van der Waals surface area contributed by atoms with Gasteiger partial charge in [-0.2, -0.15) is 18.3 Å². The molecule has 1 atom stereocenters. The third-order valence-corrected chi connectivity index (χ3v) is 10.4. The van der Waals surface area contributed by atoms with Crippen molar-refractivity contribution in [1.29, 1.82) is 0 Å². The molecule has 0 saturated carbocycles. The zero-order valence-electron chi connectivity index (χ0n) is 30.2. The van der Waals surface area contributed by atoms with Crippen LogP contribution in [0.15, 0.2) is 66.9 Å². The Morgan fingerprint density at radius 2 is 1.62 bits per heavy atom. The van der Waals surface area contributed by atoms with E-state index in [1.807, 2.05) is 12.1 Å². The van der Waals surface area contributed by atoms with Gasteiger partial charge in [-0.05, 0) is 80.9 Å². The minimum atomic E-state index is -4.73. The minimum absolute atomic E-state index is 0.0739. The van der Waals surface area contributed by atoms with E-state index in [2.05, 4.69) is 40.7 Å². The summed E-state index contributed by atoms with van der Waals surface area (Å²) in [5.41, 5.74) is 6.10. The molecule has 2 aromatic heterocycles. The lowest BCUT2D eigenvalue weighted by molar-refractivity contribution is -0.141. The Kier molecular flexibility index (Phi) is 11.0. The van der Waals surface area contributed by atoms with Gasteiger partial charge in [-0.25, -0.2) is 14.1 Å². The van der Waals surface area contributed by atoms with Gasteiger partial charge in [0.15, 0.2) is 5.69 Å². The lowest BCUT2D eigenvalue weighted by Crippen LogP contribution is -2.53. The van der Waals surface area contributed by atoms with E-state index >= 15 is 4.39 Å². The quantitative estimate of drug-likeness (QED) is 0.137. The normalized spacial score (nSPS) is 18.8. The molecule has 7 rings (SSSR count). The zero-order chi connectivity index (χ0) is 39.6. The van der Waals surface area contributed by atoms with E-state index in [0.717, 1.165) is 76.0 Å². The van der Waals surface area contributed by atoms with Crippen LogP contribution < -0.4 is 26.6 Å². The molecule has 5 heterocycles. The number of piperazine rings is 1. The van der Waals surface area contributed by atoms with E-state index in [-0.39, 0.29) is 29.5 Å². The van der Waals surface area contributed by atoms with Crippen molar-refractivity contribution in [2.75, 3.05) is 54.8 Å². The summed E-state index contributed by atoms with van der Waals surface area (Å²) in [6, 6.07) is 15.2.